The van der Waals surface area contributed by atoms with Crippen LogP contribution in [0.4, 0.5) is 0 Å². The molecule has 0 radical (unpaired) electrons. The second-order valence-corrected chi connectivity index (χ2v) is 5.28. The SMILES string of the molecule is CC1CCCC(C(=O)Cc2cccc(O)c2)C1. The van der Waals surface area contributed by atoms with Crippen molar-refractivity contribution in [3.8, 4) is 5.75 Å². The lowest BCUT2D eigenvalue weighted by Gasteiger charge is -2.25. The summed E-state index contributed by atoms with van der Waals surface area (Å²) in [5.74, 6) is 1.50. The third kappa shape index (κ3) is 3.32. The Morgan fingerprint density at radius 1 is 1.41 bits per heavy atom. The van der Waals surface area contributed by atoms with Crippen LogP contribution in [0.25, 0.3) is 0 Å². The molecule has 1 aliphatic carbocycles. The monoisotopic (exact) mass is 232 g/mol. The van der Waals surface area contributed by atoms with Gasteiger partial charge in [-0.3, -0.25) is 4.79 Å². The van der Waals surface area contributed by atoms with Gasteiger partial charge in [0.15, 0.2) is 0 Å². The molecule has 1 aliphatic rings. The Morgan fingerprint density at radius 3 is 2.94 bits per heavy atom. The molecule has 2 rings (SSSR count). The summed E-state index contributed by atoms with van der Waals surface area (Å²) in [6, 6.07) is 7.02. The summed E-state index contributed by atoms with van der Waals surface area (Å²) in [7, 11) is 0. The Hall–Kier alpha value is -1.31. The van der Waals surface area contributed by atoms with E-state index in [4.69, 9.17) is 0 Å². The zero-order valence-electron chi connectivity index (χ0n) is 10.4. The molecule has 0 aliphatic heterocycles. The van der Waals surface area contributed by atoms with E-state index in [9.17, 15) is 9.90 Å². The fourth-order valence-corrected chi connectivity index (χ4v) is 2.74. The number of hydrogen-bond acceptors (Lipinski definition) is 2. The van der Waals surface area contributed by atoms with Crippen molar-refractivity contribution >= 4 is 5.78 Å². The van der Waals surface area contributed by atoms with E-state index >= 15 is 0 Å². The van der Waals surface area contributed by atoms with E-state index in [1.54, 1.807) is 18.2 Å². The van der Waals surface area contributed by atoms with Crippen LogP contribution in [0.3, 0.4) is 0 Å². The first kappa shape index (κ1) is 12.2. The third-order valence-corrected chi connectivity index (χ3v) is 3.68. The van der Waals surface area contributed by atoms with Crippen LogP contribution in [-0.2, 0) is 11.2 Å². The molecule has 0 aromatic heterocycles. The zero-order valence-corrected chi connectivity index (χ0v) is 10.4. The first-order valence-corrected chi connectivity index (χ1v) is 6.46. The fraction of sp³-hybridized carbons (Fsp3) is 0.533. The molecule has 0 saturated heterocycles. The second-order valence-electron chi connectivity index (χ2n) is 5.28. The maximum atomic E-state index is 12.1. The number of rotatable bonds is 3. The van der Waals surface area contributed by atoms with Crippen molar-refractivity contribution in [2.75, 3.05) is 0 Å². The lowest BCUT2D eigenvalue weighted by Crippen LogP contribution is -2.23. The van der Waals surface area contributed by atoms with Crippen LogP contribution in [0.1, 0.15) is 38.2 Å². The van der Waals surface area contributed by atoms with Gasteiger partial charge in [0.25, 0.3) is 0 Å². The summed E-state index contributed by atoms with van der Waals surface area (Å²) in [5.41, 5.74) is 0.924. The minimum atomic E-state index is 0.237. The smallest absolute Gasteiger partial charge is 0.140 e. The number of benzene rings is 1. The van der Waals surface area contributed by atoms with Gasteiger partial charge >= 0.3 is 0 Å². The Labute approximate surface area is 103 Å². The molecule has 1 aromatic rings. The third-order valence-electron chi connectivity index (χ3n) is 3.68. The highest BCUT2D eigenvalue weighted by Crippen LogP contribution is 2.30. The van der Waals surface area contributed by atoms with Gasteiger partial charge in [0.1, 0.15) is 11.5 Å². The number of phenols is 1. The van der Waals surface area contributed by atoms with Crippen molar-refractivity contribution in [3.05, 3.63) is 29.8 Å². The Kier molecular flexibility index (Phi) is 3.82. The maximum Gasteiger partial charge on any atom is 0.140 e. The number of aromatic hydroxyl groups is 1. The van der Waals surface area contributed by atoms with E-state index in [1.165, 1.54) is 12.8 Å². The predicted molar refractivity (Wildman–Crippen MR) is 67.9 cm³/mol. The van der Waals surface area contributed by atoms with E-state index in [2.05, 4.69) is 6.92 Å². The van der Waals surface area contributed by atoms with Crippen LogP contribution in [-0.4, -0.2) is 10.9 Å². The van der Waals surface area contributed by atoms with Crippen molar-refractivity contribution in [2.24, 2.45) is 11.8 Å². The highest BCUT2D eigenvalue weighted by molar-refractivity contribution is 5.83. The summed E-state index contributed by atoms with van der Waals surface area (Å²) in [4.78, 5) is 12.1. The molecule has 0 spiro atoms. The van der Waals surface area contributed by atoms with Gasteiger partial charge in [-0.15, -0.1) is 0 Å². The van der Waals surface area contributed by atoms with Gasteiger partial charge in [-0.05, 0) is 36.5 Å². The molecule has 0 heterocycles. The number of hydrogen-bond donors (Lipinski definition) is 1. The summed E-state index contributed by atoms with van der Waals surface area (Å²) in [6.07, 6.45) is 4.99. The van der Waals surface area contributed by atoms with Gasteiger partial charge in [0.2, 0.25) is 0 Å². The van der Waals surface area contributed by atoms with Crippen LogP contribution in [0.15, 0.2) is 24.3 Å². The Morgan fingerprint density at radius 2 is 2.24 bits per heavy atom. The molecule has 2 nitrogen and oxygen atoms in total. The minimum absolute atomic E-state index is 0.237. The lowest BCUT2D eigenvalue weighted by atomic mass is 9.79. The van der Waals surface area contributed by atoms with Crippen molar-refractivity contribution in [3.63, 3.8) is 0 Å². The van der Waals surface area contributed by atoms with Crippen molar-refractivity contribution in [1.82, 2.24) is 0 Å². The first-order chi connectivity index (χ1) is 8.15. The minimum Gasteiger partial charge on any atom is -0.508 e. The summed E-state index contributed by atoms with van der Waals surface area (Å²) in [6.45, 7) is 2.23. The molecule has 1 aromatic carbocycles. The van der Waals surface area contributed by atoms with Gasteiger partial charge in [0.05, 0.1) is 0 Å². The van der Waals surface area contributed by atoms with Crippen LogP contribution in [0, 0.1) is 11.8 Å². The first-order valence-electron chi connectivity index (χ1n) is 6.46. The molecular weight excluding hydrogens is 212 g/mol. The van der Waals surface area contributed by atoms with Crippen LogP contribution in [0.5, 0.6) is 5.75 Å². The van der Waals surface area contributed by atoms with Crippen LogP contribution < -0.4 is 0 Å². The van der Waals surface area contributed by atoms with E-state index < -0.39 is 0 Å². The topological polar surface area (TPSA) is 37.3 Å². The number of carbonyl (C=O) groups excluding carboxylic acids is 1. The van der Waals surface area contributed by atoms with Gasteiger partial charge < -0.3 is 5.11 Å². The predicted octanol–water partition coefficient (Wildman–Crippen LogP) is 3.33. The molecule has 1 saturated carbocycles. The number of carbonyl (C=O) groups is 1. The number of phenolic OH excluding ortho intramolecular Hbond substituents is 1. The number of Topliss-reactive ketones (excluding diaryl/α,β-unsaturated/α-hetero) is 1. The maximum absolute atomic E-state index is 12.1. The molecule has 1 fully saturated rings. The molecule has 92 valence electrons. The van der Waals surface area contributed by atoms with Gasteiger partial charge in [-0.1, -0.05) is 31.9 Å². The molecule has 1 N–H and O–H groups in total. The second kappa shape index (κ2) is 5.35. The van der Waals surface area contributed by atoms with Gasteiger partial charge in [-0.2, -0.15) is 0 Å². The molecule has 0 amide bonds. The lowest BCUT2D eigenvalue weighted by molar-refractivity contribution is -0.123. The van der Waals surface area contributed by atoms with Crippen molar-refractivity contribution < 1.29 is 9.90 Å². The Balaban J connectivity index is 1.96. The average Bonchev–Trinajstić information content (AvgIpc) is 2.29. The summed E-state index contributed by atoms with van der Waals surface area (Å²) in [5, 5.41) is 9.37. The van der Waals surface area contributed by atoms with E-state index in [-0.39, 0.29) is 11.7 Å². The average molecular weight is 232 g/mol. The van der Waals surface area contributed by atoms with E-state index in [0.29, 0.717) is 18.1 Å². The van der Waals surface area contributed by atoms with E-state index in [1.807, 2.05) is 6.07 Å². The van der Waals surface area contributed by atoms with Crippen molar-refractivity contribution in [1.29, 1.82) is 0 Å². The number of ketones is 1. The van der Waals surface area contributed by atoms with Gasteiger partial charge in [0, 0.05) is 12.3 Å². The van der Waals surface area contributed by atoms with Gasteiger partial charge in [-0.25, -0.2) is 0 Å². The highest BCUT2D eigenvalue weighted by Gasteiger charge is 2.24. The summed E-state index contributed by atoms with van der Waals surface area (Å²) < 4.78 is 0. The van der Waals surface area contributed by atoms with Crippen LogP contribution >= 0.6 is 0 Å². The standard InChI is InChI=1S/C15H20O2/c1-11-4-2-6-13(8-11)15(17)10-12-5-3-7-14(16)9-12/h3,5,7,9,11,13,16H,2,4,6,8,10H2,1H3. The highest BCUT2D eigenvalue weighted by atomic mass is 16.3. The molecule has 2 atom stereocenters. The largest absolute Gasteiger partial charge is 0.508 e. The molecule has 2 unspecified atom stereocenters. The van der Waals surface area contributed by atoms with Crippen molar-refractivity contribution in [2.45, 2.75) is 39.0 Å². The molecular formula is C15H20O2. The normalized spacial score (nSPS) is 24.5. The fourth-order valence-electron chi connectivity index (χ4n) is 2.74. The molecule has 17 heavy (non-hydrogen) atoms. The Bertz CT molecular complexity index is 398. The molecule has 0 bridgehead atoms. The summed E-state index contributed by atoms with van der Waals surface area (Å²) >= 11 is 0. The van der Waals surface area contributed by atoms with E-state index in [0.717, 1.165) is 18.4 Å². The zero-order chi connectivity index (χ0) is 12.3. The quantitative estimate of drug-likeness (QED) is 0.868. The van der Waals surface area contributed by atoms with Crippen LogP contribution in [0.2, 0.25) is 0 Å². The molecule has 2 heteroatoms.